The summed E-state index contributed by atoms with van der Waals surface area (Å²) in [6.07, 6.45) is 0.752. The van der Waals surface area contributed by atoms with Gasteiger partial charge in [-0.25, -0.2) is 4.79 Å². The fourth-order valence-electron chi connectivity index (χ4n) is 3.76. The monoisotopic (exact) mass is 411 g/mol. The molecule has 2 heterocycles. The SMILES string of the molecule is O=C(OCC(=O)N1CCc2ccccc21)c1cc([N+](=O)[O-])ccc1N1CCOCC1. The summed E-state index contributed by atoms with van der Waals surface area (Å²) in [6, 6.07) is 11.7. The Morgan fingerprint density at radius 2 is 1.83 bits per heavy atom. The summed E-state index contributed by atoms with van der Waals surface area (Å²) in [5.41, 5.74) is 2.29. The molecule has 2 aliphatic rings. The van der Waals surface area contributed by atoms with Crippen LogP contribution in [0.2, 0.25) is 0 Å². The molecular weight excluding hydrogens is 390 g/mol. The molecule has 0 bridgehead atoms. The highest BCUT2D eigenvalue weighted by Crippen LogP contribution is 2.29. The van der Waals surface area contributed by atoms with E-state index in [1.54, 1.807) is 11.0 Å². The molecule has 0 saturated carbocycles. The Kier molecular flexibility index (Phi) is 5.62. The predicted molar refractivity (Wildman–Crippen MR) is 109 cm³/mol. The molecule has 9 nitrogen and oxygen atoms in total. The van der Waals surface area contributed by atoms with Gasteiger partial charge in [0.1, 0.15) is 0 Å². The van der Waals surface area contributed by atoms with Gasteiger partial charge in [-0.15, -0.1) is 0 Å². The molecule has 9 heteroatoms. The minimum Gasteiger partial charge on any atom is -0.452 e. The van der Waals surface area contributed by atoms with E-state index in [2.05, 4.69) is 0 Å². The second-order valence-corrected chi connectivity index (χ2v) is 7.06. The van der Waals surface area contributed by atoms with Crippen molar-refractivity contribution in [2.45, 2.75) is 6.42 Å². The number of hydrogen-bond donors (Lipinski definition) is 0. The third-order valence-electron chi connectivity index (χ3n) is 5.28. The second-order valence-electron chi connectivity index (χ2n) is 7.06. The number of fused-ring (bicyclic) bond motifs is 1. The lowest BCUT2D eigenvalue weighted by Crippen LogP contribution is -2.37. The fraction of sp³-hybridized carbons (Fsp3) is 0.333. The van der Waals surface area contributed by atoms with E-state index in [1.165, 1.54) is 12.1 Å². The van der Waals surface area contributed by atoms with Crippen LogP contribution in [-0.4, -0.2) is 56.3 Å². The van der Waals surface area contributed by atoms with Crippen LogP contribution in [0, 0.1) is 10.1 Å². The molecule has 0 atom stereocenters. The van der Waals surface area contributed by atoms with E-state index in [4.69, 9.17) is 9.47 Å². The van der Waals surface area contributed by atoms with Gasteiger partial charge in [-0.1, -0.05) is 18.2 Å². The normalized spacial score (nSPS) is 15.6. The third-order valence-corrected chi connectivity index (χ3v) is 5.28. The van der Waals surface area contributed by atoms with Crippen LogP contribution in [-0.2, 0) is 20.7 Å². The molecule has 1 saturated heterocycles. The van der Waals surface area contributed by atoms with Crippen molar-refractivity contribution in [3.63, 3.8) is 0 Å². The van der Waals surface area contributed by atoms with Crippen molar-refractivity contribution in [3.05, 3.63) is 63.7 Å². The zero-order chi connectivity index (χ0) is 21.1. The molecule has 0 unspecified atom stereocenters. The first kappa shape index (κ1) is 19.8. The quantitative estimate of drug-likeness (QED) is 0.422. The lowest BCUT2D eigenvalue weighted by atomic mass is 10.1. The van der Waals surface area contributed by atoms with Crippen molar-refractivity contribution >= 4 is 28.9 Å². The average molecular weight is 411 g/mol. The maximum absolute atomic E-state index is 12.8. The number of nitro groups is 1. The molecule has 1 amide bonds. The van der Waals surface area contributed by atoms with Gasteiger partial charge < -0.3 is 19.3 Å². The number of para-hydroxylation sites is 1. The zero-order valence-corrected chi connectivity index (χ0v) is 16.3. The van der Waals surface area contributed by atoms with Crippen LogP contribution in [0.15, 0.2) is 42.5 Å². The second kappa shape index (κ2) is 8.50. The van der Waals surface area contributed by atoms with Crippen LogP contribution in [0.3, 0.4) is 0 Å². The number of carbonyl (C=O) groups excluding carboxylic acids is 2. The van der Waals surface area contributed by atoms with Crippen LogP contribution in [0.5, 0.6) is 0 Å². The van der Waals surface area contributed by atoms with Gasteiger partial charge >= 0.3 is 5.97 Å². The summed E-state index contributed by atoms with van der Waals surface area (Å²) >= 11 is 0. The first-order chi connectivity index (χ1) is 14.5. The number of amides is 1. The summed E-state index contributed by atoms with van der Waals surface area (Å²) in [4.78, 5) is 39.5. The number of morpholine rings is 1. The van der Waals surface area contributed by atoms with Crippen molar-refractivity contribution in [1.82, 2.24) is 0 Å². The number of rotatable bonds is 5. The maximum Gasteiger partial charge on any atom is 0.341 e. The summed E-state index contributed by atoms with van der Waals surface area (Å²) in [6.45, 7) is 2.21. The number of hydrogen-bond acceptors (Lipinski definition) is 7. The standard InChI is InChI=1S/C21H21N3O6/c25-20(23-8-7-15-3-1-2-4-18(15)23)14-30-21(26)17-13-16(24(27)28)5-6-19(17)22-9-11-29-12-10-22/h1-6,13H,7-12,14H2. The molecule has 156 valence electrons. The van der Waals surface area contributed by atoms with Gasteiger partial charge in [0, 0.05) is 37.5 Å². The molecule has 0 spiro atoms. The highest BCUT2D eigenvalue weighted by atomic mass is 16.6. The number of nitro benzene ring substituents is 1. The Morgan fingerprint density at radius 1 is 1.07 bits per heavy atom. The van der Waals surface area contributed by atoms with Gasteiger partial charge in [0.15, 0.2) is 6.61 Å². The number of non-ortho nitro benzene ring substituents is 1. The van der Waals surface area contributed by atoms with E-state index in [-0.39, 0.29) is 17.2 Å². The van der Waals surface area contributed by atoms with Gasteiger partial charge in [0.05, 0.1) is 29.4 Å². The van der Waals surface area contributed by atoms with Crippen LogP contribution in [0.25, 0.3) is 0 Å². The number of carbonyl (C=O) groups is 2. The van der Waals surface area contributed by atoms with Crippen molar-refractivity contribution in [2.75, 3.05) is 49.3 Å². The minimum atomic E-state index is -0.763. The van der Waals surface area contributed by atoms with Crippen LogP contribution >= 0.6 is 0 Å². The van der Waals surface area contributed by atoms with Crippen LogP contribution in [0.1, 0.15) is 15.9 Å². The average Bonchev–Trinajstić information content (AvgIpc) is 3.21. The largest absolute Gasteiger partial charge is 0.452 e. The van der Waals surface area contributed by atoms with Gasteiger partial charge in [-0.2, -0.15) is 0 Å². The van der Waals surface area contributed by atoms with Gasteiger partial charge in [0.25, 0.3) is 11.6 Å². The third kappa shape index (κ3) is 3.97. The molecule has 2 aromatic carbocycles. The van der Waals surface area contributed by atoms with Crippen LogP contribution < -0.4 is 9.80 Å². The Labute approximate surface area is 172 Å². The first-order valence-corrected chi connectivity index (χ1v) is 9.71. The topological polar surface area (TPSA) is 102 Å². The van der Waals surface area contributed by atoms with E-state index in [0.29, 0.717) is 38.5 Å². The summed E-state index contributed by atoms with van der Waals surface area (Å²) < 4.78 is 10.6. The maximum atomic E-state index is 12.8. The lowest BCUT2D eigenvalue weighted by molar-refractivity contribution is -0.384. The molecule has 0 aliphatic carbocycles. The molecule has 30 heavy (non-hydrogen) atoms. The zero-order valence-electron chi connectivity index (χ0n) is 16.3. The molecule has 4 rings (SSSR count). The number of ether oxygens (including phenoxy) is 2. The van der Waals surface area contributed by atoms with E-state index in [0.717, 1.165) is 17.7 Å². The lowest BCUT2D eigenvalue weighted by Gasteiger charge is -2.30. The van der Waals surface area contributed by atoms with Crippen molar-refractivity contribution in [2.24, 2.45) is 0 Å². The highest BCUT2D eigenvalue weighted by molar-refractivity contribution is 6.00. The molecule has 0 radical (unpaired) electrons. The van der Waals surface area contributed by atoms with Gasteiger partial charge in [-0.3, -0.25) is 14.9 Å². The summed E-state index contributed by atoms with van der Waals surface area (Å²) in [5, 5.41) is 11.2. The van der Waals surface area contributed by atoms with Crippen molar-refractivity contribution in [3.8, 4) is 0 Å². The number of anilines is 2. The van der Waals surface area contributed by atoms with E-state index in [9.17, 15) is 19.7 Å². The van der Waals surface area contributed by atoms with E-state index >= 15 is 0 Å². The Morgan fingerprint density at radius 3 is 2.60 bits per heavy atom. The Bertz CT molecular complexity index is 986. The Hall–Kier alpha value is -3.46. The molecule has 1 fully saturated rings. The Balaban J connectivity index is 1.50. The predicted octanol–water partition coefficient (Wildman–Crippen LogP) is 2.18. The molecular formula is C21H21N3O6. The molecule has 2 aromatic rings. The van der Waals surface area contributed by atoms with E-state index in [1.807, 2.05) is 29.2 Å². The number of benzene rings is 2. The van der Waals surface area contributed by atoms with Crippen molar-refractivity contribution in [1.29, 1.82) is 0 Å². The van der Waals surface area contributed by atoms with Gasteiger partial charge in [-0.05, 0) is 24.1 Å². The van der Waals surface area contributed by atoms with Gasteiger partial charge in [0.2, 0.25) is 0 Å². The molecule has 2 aliphatic heterocycles. The number of esters is 1. The molecule has 0 N–H and O–H groups in total. The summed E-state index contributed by atoms with van der Waals surface area (Å²) in [7, 11) is 0. The molecule has 0 aromatic heterocycles. The highest BCUT2D eigenvalue weighted by Gasteiger charge is 2.27. The van der Waals surface area contributed by atoms with Crippen LogP contribution in [0.4, 0.5) is 17.1 Å². The fourth-order valence-corrected chi connectivity index (χ4v) is 3.76. The van der Waals surface area contributed by atoms with Crippen molar-refractivity contribution < 1.29 is 24.0 Å². The smallest absolute Gasteiger partial charge is 0.341 e. The minimum absolute atomic E-state index is 0.0701. The number of nitrogens with zero attached hydrogens (tertiary/aromatic N) is 3. The summed E-state index contributed by atoms with van der Waals surface area (Å²) in [5.74, 6) is -1.09. The van der Waals surface area contributed by atoms with E-state index < -0.39 is 17.5 Å². The first-order valence-electron chi connectivity index (χ1n) is 9.71.